The Morgan fingerprint density at radius 2 is 0.667 bits per heavy atom. The molecular weight excluding hydrogens is 1430 g/mol. The molecule has 3 unspecified atom stereocenters. The van der Waals surface area contributed by atoms with Gasteiger partial charge >= 0.3 is 0 Å². The van der Waals surface area contributed by atoms with Crippen LogP contribution in [0.1, 0.15) is 387 Å². The number of fused-ring (bicyclic) bond motifs is 3. The Kier molecular flexibility index (Phi) is 21.9. The lowest BCUT2D eigenvalue weighted by atomic mass is 9.53. The van der Waals surface area contributed by atoms with Gasteiger partial charge in [0.25, 0.3) is 17.7 Å². The average Bonchev–Trinajstić information content (AvgIpc) is 1.02. The maximum Gasteiger partial charge on any atom is 0.272 e. The Balaban J connectivity index is 0.000000112. The van der Waals surface area contributed by atoms with E-state index in [2.05, 4.69) is 72.5 Å². The number of benzene rings is 3. The monoisotopic (exact) mass is 1560 g/mol. The fourth-order valence-electron chi connectivity index (χ4n) is 28.4. The maximum atomic E-state index is 14.1. The highest BCUT2D eigenvalue weighted by Gasteiger charge is 2.55. The van der Waals surface area contributed by atoms with E-state index in [0.717, 1.165) is 156 Å². The Hall–Kier alpha value is -5.43. The molecule has 12 nitrogen and oxygen atoms in total. The molecule has 18 aliphatic carbocycles. The van der Waals surface area contributed by atoms with Crippen LogP contribution in [0.15, 0.2) is 72.8 Å². The Morgan fingerprint density at radius 3 is 1.01 bits per heavy atom. The minimum absolute atomic E-state index is 0.0228. The SMILES string of the molecule is O=C(NC12CC3CC(CC(C3)C1)C2)c1nn(C2CCCCC2)c2c1CCCCC2Cc1ccc(Cl)cc1.O=C(NC12CC3CC(CC(C3)C1)C2)c1nn(C2CCCCC2)c2c1CCCCC2Cc1cccc(Cl)c1.O=C(NC12CC3CC(CC(C3)C1)C2)c1nn(C2CCCCC2)c2c1CCCCC2Cc1ccccc1Cl. The first-order chi connectivity index (χ1) is 54.2. The summed E-state index contributed by atoms with van der Waals surface area (Å²) in [4.78, 5) is 42.3. The lowest BCUT2D eigenvalue weighted by molar-refractivity contribution is -0.0172. The van der Waals surface area contributed by atoms with E-state index in [1.54, 1.807) is 0 Å². The number of halogens is 3. The summed E-state index contributed by atoms with van der Waals surface area (Å²) in [7, 11) is 0. The first-order valence-electron chi connectivity index (χ1n) is 45.7. The second-order valence-corrected chi connectivity index (χ2v) is 41.4. The zero-order valence-electron chi connectivity index (χ0n) is 66.6. The predicted molar refractivity (Wildman–Crippen MR) is 445 cm³/mol. The molecule has 0 aliphatic heterocycles. The molecule has 6 aromatic rings. The lowest BCUT2D eigenvalue weighted by Gasteiger charge is -2.56. The number of amides is 3. The van der Waals surface area contributed by atoms with E-state index in [-0.39, 0.29) is 34.3 Å². The Morgan fingerprint density at radius 1 is 0.342 bits per heavy atom. The number of carbonyl (C=O) groups excluding carboxylic acids is 3. The molecule has 594 valence electrons. The standard InChI is InChI=1S/3C32H42ClN3O/c33-28-13-7-5-8-24(28)17-25-9-4-6-12-27-29(35-36(30(25)27)26-10-2-1-3-11-26)31(37)34-32-18-21-14-22(19-32)16-23(15-21)20-32;33-26-9-6-7-21(17-26)16-25-8-4-5-12-28-29(35-36(30(25)28)27-10-2-1-3-11-27)31(37)34-32-18-22-13-23(19-32)15-24(14-22)20-32;33-26-12-10-21(11-13-26)17-25-6-4-5-9-28-29(35-36(30(25)28)27-7-2-1-3-8-27)31(37)34-32-18-22-14-23(19-32)16-24(15-22)20-32/h5,7-8,13,21-23,25-26H,1-4,6,9-12,14-20H2,(H,34,37);6-7,9,17,22-25,27H,1-5,8,10-16,18-20H2,(H,34,37);10-13,22-25,27H,1-9,14-20H2,(H,34,37). The zero-order chi connectivity index (χ0) is 75.0. The van der Waals surface area contributed by atoms with Crippen LogP contribution in [-0.4, -0.2) is 63.7 Å². The molecule has 15 heteroatoms. The first kappa shape index (κ1) is 75.6. The fourth-order valence-corrected chi connectivity index (χ4v) is 29.0. The molecule has 3 aromatic heterocycles. The van der Waals surface area contributed by atoms with Crippen LogP contribution in [0.2, 0.25) is 15.1 Å². The quantitative estimate of drug-likeness (QED) is 0.0875. The number of nitrogens with one attached hydrogen (secondary N) is 3. The molecule has 0 spiro atoms. The first-order valence-corrected chi connectivity index (χ1v) is 46.8. The molecule has 15 fully saturated rings. The topological polar surface area (TPSA) is 141 Å². The zero-order valence-corrected chi connectivity index (χ0v) is 68.8. The van der Waals surface area contributed by atoms with Gasteiger partial charge in [0, 0.05) is 83.2 Å². The van der Waals surface area contributed by atoms with Crippen molar-refractivity contribution in [1.82, 2.24) is 45.3 Å². The Bertz CT molecular complexity index is 4230. The van der Waals surface area contributed by atoms with Crippen LogP contribution < -0.4 is 16.0 Å². The third kappa shape index (κ3) is 16.0. The van der Waals surface area contributed by atoms with E-state index in [1.165, 1.54) is 288 Å². The summed E-state index contributed by atoms with van der Waals surface area (Å²) in [5.41, 5.74) is 14.1. The number of hydrogen-bond acceptors (Lipinski definition) is 6. The minimum atomic E-state index is 0.0228. The average molecular weight is 1560 g/mol. The van der Waals surface area contributed by atoms with Crippen LogP contribution in [0, 0.1) is 53.3 Å². The molecule has 12 bridgehead atoms. The number of hydrogen-bond donors (Lipinski definition) is 3. The summed E-state index contributed by atoms with van der Waals surface area (Å²) in [6, 6.07) is 26.3. The molecule has 15 saturated carbocycles. The smallest absolute Gasteiger partial charge is 0.272 e. The van der Waals surface area contributed by atoms with E-state index >= 15 is 0 Å². The highest BCUT2D eigenvalue weighted by Crippen LogP contribution is 2.59. The summed E-state index contributed by atoms with van der Waals surface area (Å²) in [6.45, 7) is 0. The van der Waals surface area contributed by atoms with E-state index in [0.29, 0.717) is 35.9 Å². The van der Waals surface area contributed by atoms with Gasteiger partial charge in [0.05, 0.1) is 18.1 Å². The van der Waals surface area contributed by atoms with Crippen molar-refractivity contribution in [3.05, 3.63) is 155 Å². The van der Waals surface area contributed by atoms with E-state index in [1.807, 2.05) is 30.3 Å². The maximum absolute atomic E-state index is 14.1. The van der Waals surface area contributed by atoms with Crippen molar-refractivity contribution >= 4 is 52.5 Å². The van der Waals surface area contributed by atoms with Gasteiger partial charge in [0.15, 0.2) is 17.1 Å². The lowest BCUT2D eigenvalue weighted by Crippen LogP contribution is -2.60. The van der Waals surface area contributed by atoms with Gasteiger partial charge in [-0.2, -0.15) is 15.3 Å². The molecule has 3 atom stereocenters. The third-order valence-corrected chi connectivity index (χ3v) is 32.7. The molecule has 3 amide bonds. The summed E-state index contributed by atoms with van der Waals surface area (Å²) >= 11 is 19.2. The van der Waals surface area contributed by atoms with Crippen molar-refractivity contribution in [3.63, 3.8) is 0 Å². The van der Waals surface area contributed by atoms with Gasteiger partial charge in [0.1, 0.15) is 0 Å². The summed E-state index contributed by atoms with van der Waals surface area (Å²) in [5, 5.41) is 29.2. The van der Waals surface area contributed by atoms with Crippen molar-refractivity contribution in [2.45, 2.75) is 361 Å². The van der Waals surface area contributed by atoms with Crippen LogP contribution in [0.3, 0.4) is 0 Å². The molecule has 0 radical (unpaired) electrons. The van der Waals surface area contributed by atoms with Crippen LogP contribution in [0.5, 0.6) is 0 Å². The van der Waals surface area contributed by atoms with Crippen LogP contribution in [-0.2, 0) is 38.5 Å². The van der Waals surface area contributed by atoms with Crippen molar-refractivity contribution in [1.29, 1.82) is 0 Å². The molecule has 0 saturated heterocycles. The highest BCUT2D eigenvalue weighted by molar-refractivity contribution is 6.31. The van der Waals surface area contributed by atoms with Gasteiger partial charge < -0.3 is 16.0 Å². The summed E-state index contributed by atoms with van der Waals surface area (Å²) in [5.74, 6) is 8.96. The molecule has 3 heterocycles. The van der Waals surface area contributed by atoms with E-state index in [9.17, 15) is 14.4 Å². The van der Waals surface area contributed by atoms with Crippen LogP contribution >= 0.6 is 34.8 Å². The highest BCUT2D eigenvalue weighted by atomic mass is 35.5. The van der Waals surface area contributed by atoms with Crippen molar-refractivity contribution in [3.8, 4) is 0 Å². The van der Waals surface area contributed by atoms with Gasteiger partial charge in [-0.05, 0) is 331 Å². The summed E-state index contributed by atoms with van der Waals surface area (Å²) < 4.78 is 7.09. The molecule has 3 N–H and O–H groups in total. The molecule has 18 aliphatic rings. The number of rotatable bonds is 15. The molecular formula is C96H126Cl3N9O3. The van der Waals surface area contributed by atoms with Crippen molar-refractivity contribution in [2.75, 3.05) is 0 Å². The van der Waals surface area contributed by atoms with Gasteiger partial charge in [-0.25, -0.2) is 0 Å². The van der Waals surface area contributed by atoms with Gasteiger partial charge in [-0.3, -0.25) is 28.4 Å². The van der Waals surface area contributed by atoms with Crippen molar-refractivity contribution in [2.24, 2.45) is 53.3 Å². The van der Waals surface area contributed by atoms with Crippen molar-refractivity contribution < 1.29 is 14.4 Å². The van der Waals surface area contributed by atoms with E-state index in [4.69, 9.17) is 50.1 Å². The van der Waals surface area contributed by atoms with Gasteiger partial charge in [0.2, 0.25) is 0 Å². The predicted octanol–water partition coefficient (Wildman–Crippen LogP) is 23.4. The normalized spacial score (nSPS) is 33.2. The number of nitrogens with zero attached hydrogens (tertiary/aromatic N) is 6. The minimum Gasteiger partial charge on any atom is -0.345 e. The largest absolute Gasteiger partial charge is 0.345 e. The Labute approximate surface area is 677 Å². The van der Waals surface area contributed by atoms with Crippen LogP contribution in [0.4, 0.5) is 0 Å². The number of aromatic nitrogens is 6. The van der Waals surface area contributed by atoms with Crippen LogP contribution in [0.25, 0.3) is 0 Å². The van der Waals surface area contributed by atoms with Gasteiger partial charge in [-0.15, -0.1) is 0 Å². The second kappa shape index (κ2) is 32.2. The second-order valence-electron chi connectivity index (χ2n) is 40.1. The third-order valence-electron chi connectivity index (χ3n) is 31.8. The number of carbonyl (C=O) groups is 3. The van der Waals surface area contributed by atoms with E-state index < -0.39 is 0 Å². The molecule has 24 rings (SSSR count). The molecule has 3 aromatic carbocycles. The van der Waals surface area contributed by atoms with Gasteiger partial charge in [-0.1, -0.05) is 154 Å². The summed E-state index contributed by atoms with van der Waals surface area (Å²) in [6.07, 6.45) is 58.4. The fraction of sp³-hybridized carbons (Fsp3) is 0.688. The molecule has 111 heavy (non-hydrogen) atoms.